The van der Waals surface area contributed by atoms with Gasteiger partial charge in [0, 0.05) is 12.1 Å². The molecule has 2 unspecified atom stereocenters. The Morgan fingerprint density at radius 3 is 2.50 bits per heavy atom. The molecule has 0 aliphatic heterocycles. The lowest BCUT2D eigenvalue weighted by atomic mass is 9.92. The number of hydrogen-bond acceptors (Lipinski definition) is 3. The van der Waals surface area contributed by atoms with E-state index in [-0.39, 0.29) is 0 Å². The highest BCUT2D eigenvalue weighted by molar-refractivity contribution is 5.78. The monoisotopic (exact) mass is 256 g/mol. The van der Waals surface area contributed by atoms with Gasteiger partial charge in [0.15, 0.2) is 0 Å². The molecule has 1 aliphatic carbocycles. The van der Waals surface area contributed by atoms with E-state index in [1.807, 2.05) is 6.92 Å². The maximum absolute atomic E-state index is 11.4. The highest BCUT2D eigenvalue weighted by atomic mass is 16.4. The number of carboxylic acids is 1. The molecule has 2 atom stereocenters. The zero-order chi connectivity index (χ0) is 13.8. The summed E-state index contributed by atoms with van der Waals surface area (Å²) in [5, 5.41) is 12.5. The lowest BCUT2D eigenvalue weighted by molar-refractivity contribution is -0.145. The van der Waals surface area contributed by atoms with E-state index in [1.54, 1.807) is 6.92 Å². The van der Waals surface area contributed by atoms with Crippen LogP contribution in [0.5, 0.6) is 0 Å². The quantitative estimate of drug-likeness (QED) is 0.663. The molecule has 4 heteroatoms. The Morgan fingerprint density at radius 2 is 2.11 bits per heavy atom. The van der Waals surface area contributed by atoms with E-state index in [2.05, 4.69) is 24.1 Å². The first kappa shape index (κ1) is 15.4. The number of hydrogen-bond donors (Lipinski definition) is 2. The Bertz CT molecular complexity index is 279. The van der Waals surface area contributed by atoms with Gasteiger partial charge in [-0.2, -0.15) is 0 Å². The van der Waals surface area contributed by atoms with Gasteiger partial charge in [-0.05, 0) is 52.6 Å². The van der Waals surface area contributed by atoms with Crippen molar-refractivity contribution in [2.24, 2.45) is 0 Å². The van der Waals surface area contributed by atoms with E-state index in [0.717, 1.165) is 13.0 Å². The Kier molecular flexibility index (Phi) is 5.60. The molecule has 0 aromatic heterocycles. The van der Waals surface area contributed by atoms with Crippen LogP contribution in [0, 0.1) is 0 Å². The number of aliphatic carboxylic acids is 1. The molecule has 0 spiro atoms. The van der Waals surface area contributed by atoms with Crippen LogP contribution in [0.15, 0.2) is 0 Å². The van der Waals surface area contributed by atoms with Gasteiger partial charge in [0.25, 0.3) is 0 Å². The first-order chi connectivity index (χ1) is 8.44. The molecule has 1 fully saturated rings. The van der Waals surface area contributed by atoms with E-state index in [9.17, 15) is 9.90 Å². The Balaban J connectivity index is 2.63. The normalized spacial score (nSPS) is 20.7. The fraction of sp³-hybridized carbons (Fsp3) is 0.929. The van der Waals surface area contributed by atoms with Gasteiger partial charge in [-0.15, -0.1) is 0 Å². The second kappa shape index (κ2) is 6.53. The number of carbonyl (C=O) groups is 1. The molecular weight excluding hydrogens is 228 g/mol. The molecule has 106 valence electrons. The van der Waals surface area contributed by atoms with Crippen molar-refractivity contribution in [1.82, 2.24) is 10.2 Å². The van der Waals surface area contributed by atoms with Gasteiger partial charge >= 0.3 is 5.97 Å². The fourth-order valence-electron chi connectivity index (χ4n) is 2.76. The van der Waals surface area contributed by atoms with Gasteiger partial charge in [0.1, 0.15) is 5.54 Å². The molecule has 0 aromatic carbocycles. The largest absolute Gasteiger partial charge is 0.480 e. The first-order valence-corrected chi connectivity index (χ1v) is 7.18. The maximum Gasteiger partial charge on any atom is 0.323 e. The van der Waals surface area contributed by atoms with Gasteiger partial charge in [-0.25, -0.2) is 0 Å². The number of nitrogens with one attached hydrogen (secondary N) is 1. The molecule has 0 aromatic rings. The minimum absolute atomic E-state index is 0.317. The SMILES string of the molecule is CCCN(C(C)CC(C)(NCC)C(=O)O)C1CC1. The molecule has 0 bridgehead atoms. The van der Waals surface area contributed by atoms with Crippen LogP contribution in [0.1, 0.15) is 53.4 Å². The van der Waals surface area contributed by atoms with Gasteiger partial charge < -0.3 is 10.4 Å². The summed E-state index contributed by atoms with van der Waals surface area (Å²) >= 11 is 0. The van der Waals surface area contributed by atoms with E-state index in [0.29, 0.717) is 25.0 Å². The van der Waals surface area contributed by atoms with Crippen molar-refractivity contribution in [3.05, 3.63) is 0 Å². The van der Waals surface area contributed by atoms with E-state index < -0.39 is 11.5 Å². The molecule has 1 rings (SSSR count). The predicted molar refractivity (Wildman–Crippen MR) is 73.8 cm³/mol. The minimum atomic E-state index is -0.810. The zero-order valence-corrected chi connectivity index (χ0v) is 12.2. The topological polar surface area (TPSA) is 52.6 Å². The summed E-state index contributed by atoms with van der Waals surface area (Å²) in [7, 11) is 0. The van der Waals surface area contributed by atoms with Gasteiger partial charge in [0.2, 0.25) is 0 Å². The standard InChI is InChI=1S/C14H28N2O2/c1-5-9-16(12-7-8-12)11(3)10-14(4,13(17)18)15-6-2/h11-12,15H,5-10H2,1-4H3,(H,17,18). The number of carboxylic acid groups (broad SMARTS) is 1. The van der Waals surface area contributed by atoms with E-state index >= 15 is 0 Å². The molecule has 4 nitrogen and oxygen atoms in total. The molecule has 18 heavy (non-hydrogen) atoms. The van der Waals surface area contributed by atoms with Crippen molar-refractivity contribution in [1.29, 1.82) is 0 Å². The molecule has 0 radical (unpaired) electrons. The molecular formula is C14H28N2O2. The van der Waals surface area contributed by atoms with E-state index in [4.69, 9.17) is 0 Å². The van der Waals surface area contributed by atoms with Crippen LogP contribution in [-0.4, -0.2) is 46.7 Å². The third-order valence-corrected chi connectivity index (χ3v) is 3.81. The zero-order valence-electron chi connectivity index (χ0n) is 12.2. The average Bonchev–Trinajstić information content (AvgIpc) is 3.09. The highest BCUT2D eigenvalue weighted by Gasteiger charge is 2.38. The van der Waals surface area contributed by atoms with Crippen molar-refractivity contribution in [3.8, 4) is 0 Å². The summed E-state index contributed by atoms with van der Waals surface area (Å²) < 4.78 is 0. The fourth-order valence-corrected chi connectivity index (χ4v) is 2.76. The van der Waals surface area contributed by atoms with Gasteiger partial charge in [-0.1, -0.05) is 13.8 Å². The molecule has 0 amide bonds. The number of nitrogens with zero attached hydrogens (tertiary/aromatic N) is 1. The van der Waals surface area contributed by atoms with Crippen LogP contribution in [0.3, 0.4) is 0 Å². The van der Waals surface area contributed by atoms with Crippen molar-refractivity contribution >= 4 is 5.97 Å². The molecule has 2 N–H and O–H groups in total. The summed E-state index contributed by atoms with van der Waals surface area (Å²) in [5.74, 6) is -0.747. The third-order valence-electron chi connectivity index (χ3n) is 3.81. The molecule has 1 saturated carbocycles. The summed E-state index contributed by atoms with van der Waals surface area (Å²) in [6, 6.07) is 1.01. The number of likely N-dealkylation sites (N-methyl/N-ethyl adjacent to an activating group) is 1. The van der Waals surface area contributed by atoms with Crippen molar-refractivity contribution < 1.29 is 9.90 Å². The molecule has 0 heterocycles. The van der Waals surface area contributed by atoms with Crippen LogP contribution in [0.4, 0.5) is 0 Å². The van der Waals surface area contributed by atoms with Gasteiger partial charge in [-0.3, -0.25) is 9.69 Å². The van der Waals surface area contributed by atoms with Crippen molar-refractivity contribution in [2.75, 3.05) is 13.1 Å². The van der Waals surface area contributed by atoms with Crippen LogP contribution in [0.2, 0.25) is 0 Å². The van der Waals surface area contributed by atoms with Crippen LogP contribution in [-0.2, 0) is 4.79 Å². The van der Waals surface area contributed by atoms with Crippen LogP contribution in [0.25, 0.3) is 0 Å². The molecule has 0 saturated heterocycles. The van der Waals surface area contributed by atoms with Crippen LogP contribution >= 0.6 is 0 Å². The second-order valence-electron chi connectivity index (χ2n) is 5.69. The Morgan fingerprint density at radius 1 is 1.50 bits per heavy atom. The second-order valence-corrected chi connectivity index (χ2v) is 5.69. The maximum atomic E-state index is 11.4. The molecule has 1 aliphatic rings. The Hall–Kier alpha value is -0.610. The van der Waals surface area contributed by atoms with Crippen LogP contribution < -0.4 is 5.32 Å². The van der Waals surface area contributed by atoms with Crippen molar-refractivity contribution in [2.45, 2.75) is 71.0 Å². The lowest BCUT2D eigenvalue weighted by Crippen LogP contribution is -2.53. The first-order valence-electron chi connectivity index (χ1n) is 7.18. The van der Waals surface area contributed by atoms with Gasteiger partial charge in [0.05, 0.1) is 0 Å². The predicted octanol–water partition coefficient (Wildman–Crippen LogP) is 2.09. The smallest absolute Gasteiger partial charge is 0.323 e. The number of rotatable bonds is 9. The summed E-state index contributed by atoms with van der Waals surface area (Å²) in [4.78, 5) is 13.9. The lowest BCUT2D eigenvalue weighted by Gasteiger charge is -2.35. The third kappa shape index (κ3) is 3.95. The van der Waals surface area contributed by atoms with E-state index in [1.165, 1.54) is 12.8 Å². The summed E-state index contributed by atoms with van der Waals surface area (Å²) in [5.41, 5.74) is -0.810. The average molecular weight is 256 g/mol. The van der Waals surface area contributed by atoms with Crippen molar-refractivity contribution in [3.63, 3.8) is 0 Å². The highest BCUT2D eigenvalue weighted by Crippen LogP contribution is 2.31. The minimum Gasteiger partial charge on any atom is -0.480 e. The Labute approximate surface area is 111 Å². The summed E-state index contributed by atoms with van der Waals surface area (Å²) in [6.07, 6.45) is 4.34. The summed E-state index contributed by atoms with van der Waals surface area (Å²) in [6.45, 7) is 9.86.